The zero-order valence-corrected chi connectivity index (χ0v) is 12.4. The van der Waals surface area contributed by atoms with Crippen molar-refractivity contribution in [3.8, 4) is 11.5 Å². The summed E-state index contributed by atoms with van der Waals surface area (Å²) in [6, 6.07) is 4.23. The van der Waals surface area contributed by atoms with Gasteiger partial charge in [-0.2, -0.15) is 0 Å². The van der Waals surface area contributed by atoms with Gasteiger partial charge in [0.2, 0.25) is 12.7 Å². The van der Waals surface area contributed by atoms with E-state index in [9.17, 15) is 15.0 Å². The maximum Gasteiger partial charge on any atom is 0.231 e. The Morgan fingerprint density at radius 1 is 1.22 bits per heavy atom. The molecule has 0 aromatic heterocycles. The number of amides is 1. The molecular weight excluding hydrogens is 304 g/mol. The van der Waals surface area contributed by atoms with Crippen LogP contribution in [0.25, 0.3) is 0 Å². The third-order valence-corrected chi connectivity index (χ3v) is 4.12. The highest BCUT2D eigenvalue weighted by molar-refractivity contribution is 5.78. The first-order valence-corrected chi connectivity index (χ1v) is 7.46. The van der Waals surface area contributed by atoms with Gasteiger partial charge in [0.15, 0.2) is 11.5 Å². The SMILES string of the molecule is O=C(Cc1ccc2c(c1)OCO2)NC[C@H]1N[C@H](CO)[C@@H](O)[C@@H]1O. The van der Waals surface area contributed by atoms with Gasteiger partial charge in [-0.3, -0.25) is 4.79 Å². The molecule has 8 heteroatoms. The van der Waals surface area contributed by atoms with Crippen molar-refractivity contribution >= 4 is 5.91 Å². The fraction of sp³-hybridized carbons (Fsp3) is 0.533. The molecule has 0 aliphatic carbocycles. The van der Waals surface area contributed by atoms with E-state index in [1.54, 1.807) is 18.2 Å². The van der Waals surface area contributed by atoms with Crippen molar-refractivity contribution in [1.82, 2.24) is 10.6 Å². The van der Waals surface area contributed by atoms with E-state index in [1.165, 1.54) is 0 Å². The van der Waals surface area contributed by atoms with Crippen molar-refractivity contribution in [3.05, 3.63) is 23.8 Å². The average molecular weight is 324 g/mol. The Morgan fingerprint density at radius 3 is 2.70 bits per heavy atom. The molecule has 0 saturated carbocycles. The number of hydrogen-bond acceptors (Lipinski definition) is 7. The second-order valence-electron chi connectivity index (χ2n) is 5.71. The lowest BCUT2D eigenvalue weighted by Gasteiger charge is -2.16. The zero-order valence-electron chi connectivity index (χ0n) is 12.4. The quantitative estimate of drug-likeness (QED) is 0.430. The maximum atomic E-state index is 12.0. The molecule has 2 aliphatic heterocycles. The van der Waals surface area contributed by atoms with Crippen molar-refractivity contribution in [2.45, 2.75) is 30.7 Å². The van der Waals surface area contributed by atoms with Gasteiger partial charge in [0.05, 0.1) is 37.3 Å². The molecule has 3 rings (SSSR count). The van der Waals surface area contributed by atoms with Crippen molar-refractivity contribution < 1.29 is 29.6 Å². The molecule has 8 nitrogen and oxygen atoms in total. The van der Waals surface area contributed by atoms with E-state index in [0.29, 0.717) is 11.5 Å². The fourth-order valence-electron chi connectivity index (χ4n) is 2.81. The Morgan fingerprint density at radius 2 is 1.96 bits per heavy atom. The van der Waals surface area contributed by atoms with Crippen LogP contribution in [0.4, 0.5) is 0 Å². The lowest BCUT2D eigenvalue weighted by molar-refractivity contribution is -0.120. The highest BCUT2D eigenvalue weighted by Crippen LogP contribution is 2.32. The standard InChI is InChI=1S/C15H20N2O6/c18-6-10-15(21)14(20)9(17-10)5-16-13(19)4-8-1-2-11-12(3-8)23-7-22-11/h1-3,9-10,14-15,17-18,20-21H,4-7H2,(H,16,19)/t9-,10-,14-,15-/m1/s1. The summed E-state index contributed by atoms with van der Waals surface area (Å²) in [5.41, 5.74) is 0.792. The maximum absolute atomic E-state index is 12.0. The molecule has 1 saturated heterocycles. The van der Waals surface area contributed by atoms with Gasteiger partial charge in [0.25, 0.3) is 0 Å². The average Bonchev–Trinajstić information content (AvgIpc) is 3.11. The number of carbonyl (C=O) groups is 1. The number of benzene rings is 1. The van der Waals surface area contributed by atoms with E-state index in [1.807, 2.05) is 0 Å². The monoisotopic (exact) mass is 324 g/mol. The number of nitrogens with one attached hydrogen (secondary N) is 2. The summed E-state index contributed by atoms with van der Waals surface area (Å²) in [7, 11) is 0. The van der Waals surface area contributed by atoms with Crippen LogP contribution in [0.3, 0.4) is 0 Å². The molecule has 126 valence electrons. The number of hydrogen-bond donors (Lipinski definition) is 5. The van der Waals surface area contributed by atoms with Crippen LogP contribution in [0.1, 0.15) is 5.56 Å². The first-order chi connectivity index (χ1) is 11.1. The molecule has 0 radical (unpaired) electrons. The van der Waals surface area contributed by atoms with E-state index in [-0.39, 0.29) is 32.3 Å². The number of ether oxygens (including phenoxy) is 2. The smallest absolute Gasteiger partial charge is 0.231 e. The molecular formula is C15H20N2O6. The van der Waals surface area contributed by atoms with Gasteiger partial charge < -0.3 is 35.4 Å². The van der Waals surface area contributed by atoms with Crippen LogP contribution in [0.5, 0.6) is 11.5 Å². The summed E-state index contributed by atoms with van der Waals surface area (Å²) in [4.78, 5) is 12.0. The molecule has 0 bridgehead atoms. The van der Waals surface area contributed by atoms with Gasteiger partial charge in [0.1, 0.15) is 0 Å². The van der Waals surface area contributed by atoms with E-state index >= 15 is 0 Å². The van der Waals surface area contributed by atoms with E-state index in [4.69, 9.17) is 14.6 Å². The normalized spacial score (nSPS) is 28.8. The van der Waals surface area contributed by atoms with Crippen LogP contribution < -0.4 is 20.1 Å². The Balaban J connectivity index is 1.50. The minimum Gasteiger partial charge on any atom is -0.454 e. The molecule has 1 aromatic carbocycles. The van der Waals surface area contributed by atoms with E-state index < -0.39 is 24.3 Å². The van der Waals surface area contributed by atoms with Crippen LogP contribution in [-0.4, -0.2) is 65.5 Å². The van der Waals surface area contributed by atoms with Gasteiger partial charge in [0, 0.05) is 6.54 Å². The molecule has 23 heavy (non-hydrogen) atoms. The lowest BCUT2D eigenvalue weighted by Crippen LogP contribution is -2.44. The number of carbonyl (C=O) groups excluding carboxylic acids is 1. The predicted molar refractivity (Wildman–Crippen MR) is 79.1 cm³/mol. The summed E-state index contributed by atoms with van der Waals surface area (Å²) in [6.45, 7) is 0.0720. The molecule has 0 unspecified atom stereocenters. The minimum absolute atomic E-state index is 0.165. The highest BCUT2D eigenvalue weighted by Gasteiger charge is 2.40. The third-order valence-electron chi connectivity index (χ3n) is 4.12. The first kappa shape index (κ1) is 16.0. The largest absolute Gasteiger partial charge is 0.454 e. The Bertz CT molecular complexity index is 581. The van der Waals surface area contributed by atoms with Gasteiger partial charge in [-0.15, -0.1) is 0 Å². The minimum atomic E-state index is -1.05. The van der Waals surface area contributed by atoms with Crippen LogP contribution in [0, 0.1) is 0 Å². The summed E-state index contributed by atoms with van der Waals surface area (Å²) >= 11 is 0. The van der Waals surface area contributed by atoms with Crippen LogP contribution in [-0.2, 0) is 11.2 Å². The molecule has 1 aromatic rings. The topological polar surface area (TPSA) is 120 Å². The molecule has 1 fully saturated rings. The van der Waals surface area contributed by atoms with Crippen LogP contribution in [0.2, 0.25) is 0 Å². The van der Waals surface area contributed by atoms with Crippen molar-refractivity contribution in [2.75, 3.05) is 19.9 Å². The van der Waals surface area contributed by atoms with Crippen molar-refractivity contribution in [1.29, 1.82) is 0 Å². The first-order valence-electron chi connectivity index (χ1n) is 7.46. The van der Waals surface area contributed by atoms with Crippen molar-refractivity contribution in [3.63, 3.8) is 0 Å². The Hall–Kier alpha value is -1.87. The molecule has 0 spiro atoms. The second-order valence-corrected chi connectivity index (χ2v) is 5.71. The number of aliphatic hydroxyl groups excluding tert-OH is 3. The number of aliphatic hydroxyl groups is 3. The van der Waals surface area contributed by atoms with E-state index in [0.717, 1.165) is 5.56 Å². The van der Waals surface area contributed by atoms with Gasteiger partial charge in [-0.25, -0.2) is 0 Å². The summed E-state index contributed by atoms with van der Waals surface area (Å²) < 4.78 is 10.5. The van der Waals surface area contributed by atoms with Gasteiger partial charge in [-0.05, 0) is 17.7 Å². The van der Waals surface area contributed by atoms with E-state index in [2.05, 4.69) is 10.6 Å². The number of rotatable bonds is 5. The molecule has 5 N–H and O–H groups in total. The van der Waals surface area contributed by atoms with Crippen LogP contribution in [0.15, 0.2) is 18.2 Å². The van der Waals surface area contributed by atoms with Crippen molar-refractivity contribution in [2.24, 2.45) is 0 Å². The molecule has 4 atom stereocenters. The molecule has 2 heterocycles. The summed E-state index contributed by atoms with van der Waals surface area (Å²) in [6.07, 6.45) is -1.90. The Labute approximate surface area is 133 Å². The zero-order chi connectivity index (χ0) is 16.4. The predicted octanol–water partition coefficient (Wildman–Crippen LogP) is -1.87. The van der Waals surface area contributed by atoms with Gasteiger partial charge in [-0.1, -0.05) is 6.07 Å². The second kappa shape index (κ2) is 6.71. The third kappa shape index (κ3) is 3.40. The van der Waals surface area contributed by atoms with Crippen LogP contribution >= 0.6 is 0 Å². The fourth-order valence-corrected chi connectivity index (χ4v) is 2.81. The molecule has 1 amide bonds. The van der Waals surface area contributed by atoms with Gasteiger partial charge >= 0.3 is 0 Å². The summed E-state index contributed by atoms with van der Waals surface area (Å²) in [5, 5.41) is 34.2. The summed E-state index contributed by atoms with van der Waals surface area (Å²) in [5.74, 6) is 1.08. The lowest BCUT2D eigenvalue weighted by atomic mass is 10.1. The number of fused-ring (bicyclic) bond motifs is 1. The Kier molecular flexibility index (Phi) is 4.67. The molecule has 2 aliphatic rings. The highest BCUT2D eigenvalue weighted by atomic mass is 16.7.